The average molecular weight is 442 g/mol. The van der Waals surface area contributed by atoms with Gasteiger partial charge in [-0.15, -0.1) is 0 Å². The molecule has 8 nitrogen and oxygen atoms in total. The average Bonchev–Trinajstić information content (AvgIpc) is 3.19. The van der Waals surface area contributed by atoms with E-state index in [1.807, 2.05) is 39.6 Å². The molecule has 0 spiro atoms. The highest BCUT2D eigenvalue weighted by Gasteiger charge is 2.25. The summed E-state index contributed by atoms with van der Waals surface area (Å²) in [5, 5.41) is 13.2. The van der Waals surface area contributed by atoms with Gasteiger partial charge in [0.05, 0.1) is 12.1 Å². The number of ether oxygens (including phenoxy) is 1. The summed E-state index contributed by atoms with van der Waals surface area (Å²) >= 11 is 0. The number of amides is 1. The van der Waals surface area contributed by atoms with Crippen molar-refractivity contribution >= 4 is 11.7 Å². The van der Waals surface area contributed by atoms with Crippen LogP contribution in [0.2, 0.25) is 0 Å². The number of hydrogen-bond donors (Lipinski definition) is 2. The van der Waals surface area contributed by atoms with E-state index in [0.29, 0.717) is 23.7 Å². The summed E-state index contributed by atoms with van der Waals surface area (Å²) in [5.74, 6) is 1.83. The van der Waals surface area contributed by atoms with Gasteiger partial charge in [0.15, 0.2) is 5.82 Å². The topological polar surface area (TPSA) is 100 Å². The van der Waals surface area contributed by atoms with E-state index in [2.05, 4.69) is 10.3 Å². The predicted molar refractivity (Wildman–Crippen MR) is 125 cm³/mol. The van der Waals surface area contributed by atoms with E-state index >= 15 is 0 Å². The number of nitrogens with zero attached hydrogens (tertiary/aromatic N) is 4. The largest absolute Gasteiger partial charge is 0.490 e. The predicted octanol–water partition coefficient (Wildman–Crippen LogP) is 2.92. The molecule has 2 aromatic rings. The third kappa shape index (κ3) is 6.16. The van der Waals surface area contributed by atoms with Gasteiger partial charge in [-0.2, -0.15) is 0 Å². The number of carbonyl (C=O) groups excluding carboxylic acids is 1. The Kier molecular flexibility index (Phi) is 7.03. The van der Waals surface area contributed by atoms with E-state index in [1.54, 1.807) is 25.3 Å². The van der Waals surface area contributed by atoms with Crippen LogP contribution in [0.15, 0.2) is 18.3 Å². The standard InChI is InChI=1S/C24H35N5O3/c1-7-24(5,31)15-32-16-11-12-25-19(13-16)21-26-18-10-8-9-17(18)22(27-21)29(6)14-20(30)28-23(2,3)4/h11-13,31H,7-10,14-15H2,1-6H3,(H,28,30). The maximum atomic E-state index is 12.5. The number of aliphatic hydroxyl groups is 1. The van der Waals surface area contributed by atoms with Gasteiger partial charge in [-0.25, -0.2) is 9.97 Å². The molecule has 2 heterocycles. The molecule has 174 valence electrons. The molecular weight excluding hydrogens is 406 g/mol. The van der Waals surface area contributed by atoms with Crippen molar-refractivity contribution in [2.75, 3.05) is 25.1 Å². The summed E-state index contributed by atoms with van der Waals surface area (Å²) in [6, 6.07) is 3.55. The van der Waals surface area contributed by atoms with Crippen LogP contribution in [0.4, 0.5) is 5.82 Å². The first-order valence-electron chi connectivity index (χ1n) is 11.2. The van der Waals surface area contributed by atoms with E-state index in [-0.39, 0.29) is 24.6 Å². The van der Waals surface area contributed by atoms with E-state index in [9.17, 15) is 9.90 Å². The zero-order valence-corrected chi connectivity index (χ0v) is 20.0. The fourth-order valence-corrected chi connectivity index (χ4v) is 3.56. The normalized spacial score (nSPS) is 15.1. The van der Waals surface area contributed by atoms with Crippen LogP contribution in [0.3, 0.4) is 0 Å². The van der Waals surface area contributed by atoms with Crippen molar-refractivity contribution in [3.8, 4) is 17.3 Å². The molecule has 1 aliphatic carbocycles. The first-order chi connectivity index (χ1) is 15.0. The van der Waals surface area contributed by atoms with Crippen LogP contribution >= 0.6 is 0 Å². The number of rotatable bonds is 8. The fourth-order valence-electron chi connectivity index (χ4n) is 3.56. The second kappa shape index (κ2) is 9.40. The first-order valence-corrected chi connectivity index (χ1v) is 11.2. The van der Waals surface area contributed by atoms with Crippen molar-refractivity contribution in [2.45, 2.75) is 71.4 Å². The van der Waals surface area contributed by atoms with Gasteiger partial charge in [0.2, 0.25) is 5.91 Å². The van der Waals surface area contributed by atoms with Crippen LogP contribution in [0.25, 0.3) is 11.5 Å². The molecule has 2 aromatic heterocycles. The van der Waals surface area contributed by atoms with E-state index < -0.39 is 5.60 Å². The quantitative estimate of drug-likeness (QED) is 0.650. The summed E-state index contributed by atoms with van der Waals surface area (Å²) in [5.41, 5.74) is 1.53. The van der Waals surface area contributed by atoms with Gasteiger partial charge in [0.1, 0.15) is 23.9 Å². The molecule has 8 heteroatoms. The minimum atomic E-state index is -0.892. The van der Waals surface area contributed by atoms with Crippen LogP contribution in [0.5, 0.6) is 5.75 Å². The zero-order valence-electron chi connectivity index (χ0n) is 20.0. The zero-order chi connectivity index (χ0) is 23.5. The van der Waals surface area contributed by atoms with Crippen molar-refractivity contribution < 1.29 is 14.6 Å². The fraction of sp³-hybridized carbons (Fsp3) is 0.583. The molecule has 0 aromatic carbocycles. The summed E-state index contributed by atoms with van der Waals surface area (Å²) < 4.78 is 5.78. The maximum Gasteiger partial charge on any atom is 0.239 e. The molecule has 0 aliphatic heterocycles. The van der Waals surface area contributed by atoms with Gasteiger partial charge in [-0.1, -0.05) is 6.92 Å². The number of carbonyl (C=O) groups is 1. The Morgan fingerprint density at radius 3 is 2.69 bits per heavy atom. The Morgan fingerprint density at radius 2 is 2.00 bits per heavy atom. The number of anilines is 1. The second-order valence-corrected chi connectivity index (χ2v) is 9.82. The molecular formula is C24H35N5O3. The molecule has 0 saturated carbocycles. The Morgan fingerprint density at radius 1 is 1.25 bits per heavy atom. The Labute approximate surface area is 190 Å². The number of nitrogens with one attached hydrogen (secondary N) is 1. The van der Waals surface area contributed by atoms with Crippen LogP contribution in [0.1, 0.15) is 58.7 Å². The molecule has 32 heavy (non-hydrogen) atoms. The summed E-state index contributed by atoms with van der Waals surface area (Å²) in [7, 11) is 1.88. The molecule has 1 aliphatic rings. The summed E-state index contributed by atoms with van der Waals surface area (Å²) in [6.45, 7) is 9.96. The van der Waals surface area contributed by atoms with Gasteiger partial charge in [0, 0.05) is 36.1 Å². The molecule has 0 radical (unpaired) electrons. The van der Waals surface area contributed by atoms with Crippen LogP contribution < -0.4 is 15.0 Å². The number of pyridine rings is 1. The summed E-state index contributed by atoms with van der Waals surface area (Å²) in [6.07, 6.45) is 5.05. The van der Waals surface area contributed by atoms with Gasteiger partial charge in [0.25, 0.3) is 0 Å². The number of likely N-dealkylation sites (N-methyl/N-ethyl adjacent to an activating group) is 1. The van der Waals surface area contributed by atoms with Crippen molar-refractivity contribution in [3.63, 3.8) is 0 Å². The van der Waals surface area contributed by atoms with Gasteiger partial charge >= 0.3 is 0 Å². The highest BCUT2D eigenvalue weighted by atomic mass is 16.5. The van der Waals surface area contributed by atoms with Crippen molar-refractivity contribution in [3.05, 3.63) is 29.6 Å². The van der Waals surface area contributed by atoms with Crippen LogP contribution in [-0.2, 0) is 17.6 Å². The van der Waals surface area contributed by atoms with E-state index in [0.717, 1.165) is 36.3 Å². The third-order valence-electron chi connectivity index (χ3n) is 5.44. The molecule has 1 atom stereocenters. The second-order valence-electron chi connectivity index (χ2n) is 9.82. The van der Waals surface area contributed by atoms with Crippen molar-refractivity contribution in [1.82, 2.24) is 20.3 Å². The lowest BCUT2D eigenvalue weighted by atomic mass is 10.1. The number of fused-ring (bicyclic) bond motifs is 1. The SMILES string of the molecule is CCC(C)(O)COc1ccnc(-c2nc3c(c(N(C)CC(=O)NC(C)(C)C)n2)CCC3)c1. The maximum absolute atomic E-state index is 12.5. The Balaban J connectivity index is 1.86. The van der Waals surface area contributed by atoms with Crippen molar-refractivity contribution in [1.29, 1.82) is 0 Å². The van der Waals surface area contributed by atoms with E-state index in [1.165, 1.54) is 0 Å². The monoisotopic (exact) mass is 441 g/mol. The van der Waals surface area contributed by atoms with Gasteiger partial charge < -0.3 is 20.1 Å². The molecule has 0 fully saturated rings. The lowest BCUT2D eigenvalue weighted by Crippen LogP contribution is -2.45. The smallest absolute Gasteiger partial charge is 0.239 e. The Hall–Kier alpha value is -2.74. The number of aromatic nitrogens is 3. The first kappa shape index (κ1) is 23.9. The minimum absolute atomic E-state index is 0.0524. The summed E-state index contributed by atoms with van der Waals surface area (Å²) in [4.78, 5) is 28.4. The highest BCUT2D eigenvalue weighted by Crippen LogP contribution is 2.31. The minimum Gasteiger partial charge on any atom is -0.490 e. The molecule has 1 unspecified atom stereocenters. The lowest BCUT2D eigenvalue weighted by Gasteiger charge is -2.25. The van der Waals surface area contributed by atoms with Gasteiger partial charge in [-0.3, -0.25) is 9.78 Å². The molecule has 1 amide bonds. The van der Waals surface area contributed by atoms with Crippen LogP contribution in [-0.4, -0.2) is 57.3 Å². The molecule has 0 saturated heterocycles. The molecule has 2 N–H and O–H groups in total. The third-order valence-corrected chi connectivity index (χ3v) is 5.44. The lowest BCUT2D eigenvalue weighted by molar-refractivity contribution is -0.121. The van der Waals surface area contributed by atoms with Gasteiger partial charge in [-0.05, 0) is 59.4 Å². The van der Waals surface area contributed by atoms with Crippen LogP contribution in [0, 0.1) is 0 Å². The number of aryl methyl sites for hydroxylation is 1. The van der Waals surface area contributed by atoms with Crippen molar-refractivity contribution in [2.24, 2.45) is 0 Å². The molecule has 0 bridgehead atoms. The number of hydrogen-bond acceptors (Lipinski definition) is 7. The Bertz CT molecular complexity index is 969. The highest BCUT2D eigenvalue weighted by molar-refractivity contribution is 5.82. The molecule has 3 rings (SSSR count). The van der Waals surface area contributed by atoms with E-state index in [4.69, 9.17) is 14.7 Å².